The monoisotopic (exact) mass is 517 g/mol. The number of imidazole rings is 1. The Morgan fingerprint density at radius 2 is 1.58 bits per heavy atom. The molecule has 0 aliphatic carbocycles. The molecule has 1 heterocycles. The molecule has 10 heteroatoms. The van der Waals surface area contributed by atoms with Gasteiger partial charge in [0.1, 0.15) is 0 Å². The van der Waals surface area contributed by atoms with Crippen LogP contribution in [0.2, 0.25) is 0 Å². The molecule has 2 N–H and O–H groups in total. The highest BCUT2D eigenvalue weighted by molar-refractivity contribution is 8.00. The SMILES string of the molecule is O=C(CSc1nc2ccccc2n1S(=O)(=O)c1ccc2ccccc2c1)Nc1ccc(C(=O)O)cc1. The molecule has 180 valence electrons. The molecule has 0 atom stereocenters. The number of anilines is 1. The molecule has 0 unspecified atom stereocenters. The van der Waals surface area contributed by atoms with Gasteiger partial charge in [0.2, 0.25) is 5.91 Å². The maximum absolute atomic E-state index is 13.8. The highest BCUT2D eigenvalue weighted by Crippen LogP contribution is 2.30. The number of aromatic nitrogens is 2. The number of carbonyl (C=O) groups excluding carboxylic acids is 1. The van der Waals surface area contributed by atoms with Crippen LogP contribution in [0.3, 0.4) is 0 Å². The fourth-order valence-corrected chi connectivity index (χ4v) is 6.31. The van der Waals surface area contributed by atoms with E-state index in [0.717, 1.165) is 22.5 Å². The summed E-state index contributed by atoms with van der Waals surface area (Å²) in [6.45, 7) is 0. The van der Waals surface area contributed by atoms with E-state index in [1.54, 1.807) is 42.5 Å². The van der Waals surface area contributed by atoms with E-state index in [2.05, 4.69) is 10.3 Å². The van der Waals surface area contributed by atoms with E-state index in [4.69, 9.17) is 5.11 Å². The number of aromatic carboxylic acids is 1. The second-order valence-corrected chi connectivity index (χ2v) is 10.6. The summed E-state index contributed by atoms with van der Waals surface area (Å²) in [6, 6.07) is 25.1. The van der Waals surface area contributed by atoms with E-state index in [9.17, 15) is 18.0 Å². The normalized spacial score (nSPS) is 11.6. The Bertz CT molecular complexity index is 1730. The first kappa shape index (κ1) is 23.6. The van der Waals surface area contributed by atoms with E-state index >= 15 is 0 Å². The number of hydrogen-bond acceptors (Lipinski definition) is 6. The first-order chi connectivity index (χ1) is 17.3. The van der Waals surface area contributed by atoms with Crippen molar-refractivity contribution < 1.29 is 23.1 Å². The maximum atomic E-state index is 13.8. The predicted molar refractivity (Wildman–Crippen MR) is 139 cm³/mol. The van der Waals surface area contributed by atoms with Gasteiger partial charge in [-0.25, -0.2) is 22.2 Å². The third-order valence-electron chi connectivity index (χ3n) is 5.50. The van der Waals surface area contributed by atoms with Gasteiger partial charge in [-0.2, -0.15) is 0 Å². The van der Waals surface area contributed by atoms with E-state index in [1.165, 1.54) is 28.2 Å². The topological polar surface area (TPSA) is 118 Å². The lowest BCUT2D eigenvalue weighted by atomic mass is 10.1. The zero-order valence-corrected chi connectivity index (χ0v) is 20.3. The summed E-state index contributed by atoms with van der Waals surface area (Å²) in [5.74, 6) is -1.54. The Morgan fingerprint density at radius 3 is 2.33 bits per heavy atom. The van der Waals surface area contributed by atoms with Crippen molar-refractivity contribution in [1.82, 2.24) is 8.96 Å². The number of amides is 1. The zero-order chi connectivity index (χ0) is 25.3. The number of hydrogen-bond donors (Lipinski definition) is 2. The van der Waals surface area contributed by atoms with Crippen molar-refractivity contribution in [3.8, 4) is 0 Å². The van der Waals surface area contributed by atoms with Crippen LogP contribution in [0.1, 0.15) is 10.4 Å². The number of rotatable bonds is 7. The Labute approximate surface area is 210 Å². The summed E-state index contributed by atoms with van der Waals surface area (Å²) in [5.41, 5.74) is 1.45. The van der Waals surface area contributed by atoms with Crippen molar-refractivity contribution in [2.75, 3.05) is 11.1 Å². The van der Waals surface area contributed by atoms with Crippen molar-refractivity contribution in [2.45, 2.75) is 10.1 Å². The summed E-state index contributed by atoms with van der Waals surface area (Å²) in [5, 5.41) is 13.6. The average Bonchev–Trinajstić information content (AvgIpc) is 3.27. The van der Waals surface area contributed by atoms with Gasteiger partial charge in [0, 0.05) is 5.69 Å². The molecule has 36 heavy (non-hydrogen) atoms. The third-order valence-corrected chi connectivity index (χ3v) is 8.25. The lowest BCUT2D eigenvalue weighted by molar-refractivity contribution is -0.113. The van der Waals surface area contributed by atoms with Gasteiger partial charge in [0.25, 0.3) is 10.0 Å². The van der Waals surface area contributed by atoms with Crippen LogP contribution in [0.4, 0.5) is 5.69 Å². The molecular formula is C26H19N3O5S2. The Hall–Kier alpha value is -4.15. The standard InChI is InChI=1S/C26H19N3O5S2/c30-24(27-20-12-9-18(10-13-20)25(31)32)16-35-26-28-22-7-3-4-8-23(22)29(26)36(33,34)21-14-11-17-5-1-2-6-19(17)15-21/h1-15H,16H2,(H,27,30)(H,31,32). The molecular weight excluding hydrogens is 498 g/mol. The van der Waals surface area contributed by atoms with Gasteiger partial charge < -0.3 is 10.4 Å². The minimum atomic E-state index is -4.02. The molecule has 8 nitrogen and oxygen atoms in total. The quantitative estimate of drug-likeness (QED) is 0.296. The molecule has 0 saturated carbocycles. The smallest absolute Gasteiger partial charge is 0.335 e. The van der Waals surface area contributed by atoms with Crippen LogP contribution < -0.4 is 5.32 Å². The number of nitrogens with zero attached hydrogens (tertiary/aromatic N) is 2. The predicted octanol–water partition coefficient (Wildman–Crippen LogP) is 4.86. The van der Waals surface area contributed by atoms with Crippen molar-refractivity contribution >= 4 is 61.2 Å². The average molecular weight is 518 g/mol. The lowest BCUT2D eigenvalue weighted by Gasteiger charge is -2.11. The molecule has 4 aromatic carbocycles. The molecule has 0 spiro atoms. The number of fused-ring (bicyclic) bond motifs is 2. The number of carboxylic acids is 1. The number of carbonyl (C=O) groups is 2. The number of thioether (sulfide) groups is 1. The van der Waals surface area contributed by atoms with E-state index in [-0.39, 0.29) is 27.3 Å². The fourth-order valence-electron chi connectivity index (χ4n) is 3.76. The van der Waals surface area contributed by atoms with Gasteiger partial charge >= 0.3 is 5.97 Å². The summed E-state index contributed by atoms with van der Waals surface area (Å²) < 4.78 is 28.7. The second-order valence-electron chi connectivity index (χ2n) is 7.88. The van der Waals surface area contributed by atoms with E-state index in [0.29, 0.717) is 16.7 Å². The molecule has 5 aromatic rings. The minimum Gasteiger partial charge on any atom is -0.478 e. The molecule has 0 bridgehead atoms. The number of carboxylic acid groups (broad SMARTS) is 1. The van der Waals surface area contributed by atoms with Gasteiger partial charge in [-0.3, -0.25) is 4.79 Å². The molecule has 1 amide bonds. The highest BCUT2D eigenvalue weighted by atomic mass is 32.2. The highest BCUT2D eigenvalue weighted by Gasteiger charge is 2.25. The van der Waals surface area contributed by atoms with Crippen LogP contribution in [0.25, 0.3) is 21.8 Å². The lowest BCUT2D eigenvalue weighted by Crippen LogP contribution is -2.17. The number of benzene rings is 4. The largest absolute Gasteiger partial charge is 0.478 e. The second kappa shape index (κ2) is 9.48. The molecule has 0 saturated heterocycles. The van der Waals surface area contributed by atoms with Crippen molar-refractivity contribution in [2.24, 2.45) is 0 Å². The van der Waals surface area contributed by atoms with Gasteiger partial charge in [-0.1, -0.05) is 54.2 Å². The first-order valence-electron chi connectivity index (χ1n) is 10.8. The molecule has 0 radical (unpaired) electrons. The van der Waals surface area contributed by atoms with Crippen LogP contribution in [0.5, 0.6) is 0 Å². The fraction of sp³-hybridized carbons (Fsp3) is 0.0385. The van der Waals surface area contributed by atoms with Crippen LogP contribution in [0, 0.1) is 0 Å². The molecule has 0 fully saturated rings. The summed E-state index contributed by atoms with van der Waals surface area (Å²) in [7, 11) is -4.02. The van der Waals surface area contributed by atoms with E-state index in [1.807, 2.05) is 24.3 Å². The molecule has 1 aromatic heterocycles. The van der Waals surface area contributed by atoms with Crippen LogP contribution in [0.15, 0.2) is 101 Å². The van der Waals surface area contributed by atoms with Gasteiger partial charge in [-0.05, 0) is 59.3 Å². The third kappa shape index (κ3) is 4.56. The Kier molecular flexibility index (Phi) is 6.21. The zero-order valence-electron chi connectivity index (χ0n) is 18.7. The van der Waals surface area contributed by atoms with Crippen LogP contribution in [-0.2, 0) is 14.8 Å². The Morgan fingerprint density at radius 1 is 0.889 bits per heavy atom. The first-order valence-corrected chi connectivity index (χ1v) is 13.2. The van der Waals surface area contributed by atoms with Gasteiger partial charge in [0.05, 0.1) is 27.2 Å². The van der Waals surface area contributed by atoms with Crippen molar-refractivity contribution in [3.63, 3.8) is 0 Å². The van der Waals surface area contributed by atoms with Gasteiger partial charge in [0.15, 0.2) is 5.16 Å². The molecule has 5 rings (SSSR count). The summed E-state index contributed by atoms with van der Waals surface area (Å²) >= 11 is 1.000. The van der Waals surface area contributed by atoms with Gasteiger partial charge in [-0.15, -0.1) is 0 Å². The summed E-state index contributed by atoms with van der Waals surface area (Å²) in [6.07, 6.45) is 0. The maximum Gasteiger partial charge on any atom is 0.335 e. The van der Waals surface area contributed by atoms with E-state index < -0.39 is 16.0 Å². The minimum absolute atomic E-state index is 0.1000. The number of para-hydroxylation sites is 2. The number of nitrogens with one attached hydrogen (secondary N) is 1. The van der Waals surface area contributed by atoms with Crippen LogP contribution in [-0.4, -0.2) is 40.1 Å². The van der Waals surface area contributed by atoms with Crippen molar-refractivity contribution in [1.29, 1.82) is 0 Å². The Balaban J connectivity index is 1.44. The molecule has 0 aliphatic heterocycles. The van der Waals surface area contributed by atoms with Crippen LogP contribution >= 0.6 is 11.8 Å². The molecule has 0 aliphatic rings. The van der Waals surface area contributed by atoms with Crippen molar-refractivity contribution in [3.05, 3.63) is 96.6 Å². The summed E-state index contributed by atoms with van der Waals surface area (Å²) in [4.78, 5) is 28.2.